The van der Waals surface area contributed by atoms with Crippen LogP contribution in [0.5, 0.6) is 5.75 Å². The summed E-state index contributed by atoms with van der Waals surface area (Å²) >= 11 is 0. The Kier molecular flexibility index (Phi) is 3.40. The van der Waals surface area contributed by atoms with Crippen molar-refractivity contribution in [1.29, 1.82) is 0 Å². The van der Waals surface area contributed by atoms with E-state index in [2.05, 4.69) is 0 Å². The van der Waals surface area contributed by atoms with Crippen molar-refractivity contribution in [2.75, 3.05) is 7.11 Å². The summed E-state index contributed by atoms with van der Waals surface area (Å²) in [5.74, 6) is -0.161. The van der Waals surface area contributed by atoms with Crippen molar-refractivity contribution in [2.24, 2.45) is 0 Å². The highest BCUT2D eigenvalue weighted by Gasteiger charge is 2.05. The number of rotatable bonds is 3. The van der Waals surface area contributed by atoms with Gasteiger partial charge < -0.3 is 9.84 Å². The summed E-state index contributed by atoms with van der Waals surface area (Å²) in [6, 6.07) is 12.2. The van der Waals surface area contributed by atoms with Crippen LogP contribution in [0.1, 0.15) is 5.56 Å². The highest BCUT2D eigenvalue weighted by Crippen LogP contribution is 2.26. The molecule has 0 aliphatic heterocycles. The van der Waals surface area contributed by atoms with E-state index in [1.165, 1.54) is 13.2 Å². The van der Waals surface area contributed by atoms with Gasteiger partial charge in [-0.05, 0) is 34.9 Å². The van der Waals surface area contributed by atoms with Crippen LogP contribution >= 0.6 is 0 Å². The van der Waals surface area contributed by atoms with Crippen molar-refractivity contribution in [2.45, 2.75) is 6.61 Å². The molecule has 0 radical (unpaired) electrons. The average Bonchev–Trinajstić information content (AvgIpc) is 2.38. The molecule has 0 fully saturated rings. The number of halogens is 1. The van der Waals surface area contributed by atoms with Crippen LogP contribution in [-0.2, 0) is 6.61 Å². The Bertz CT molecular complexity index is 523. The largest absolute Gasteiger partial charge is 0.494 e. The van der Waals surface area contributed by atoms with Gasteiger partial charge in [-0.1, -0.05) is 24.3 Å². The fraction of sp³-hybridized carbons (Fsp3) is 0.143. The maximum absolute atomic E-state index is 13.5. The van der Waals surface area contributed by atoms with Crippen LogP contribution in [0.2, 0.25) is 0 Å². The van der Waals surface area contributed by atoms with Gasteiger partial charge in [0.05, 0.1) is 13.7 Å². The van der Waals surface area contributed by atoms with Crippen LogP contribution in [0.4, 0.5) is 4.39 Å². The van der Waals surface area contributed by atoms with E-state index in [1.54, 1.807) is 12.1 Å². The molecule has 0 bridgehead atoms. The number of aliphatic hydroxyl groups is 1. The molecular weight excluding hydrogens is 219 g/mol. The Morgan fingerprint density at radius 1 is 1.12 bits per heavy atom. The SMILES string of the molecule is COc1ccc(-c2cccc(CO)c2)cc1F. The molecule has 2 nitrogen and oxygen atoms in total. The molecule has 2 aromatic rings. The number of benzene rings is 2. The van der Waals surface area contributed by atoms with Crippen LogP contribution in [0, 0.1) is 5.82 Å². The first kappa shape index (κ1) is 11.6. The number of aliphatic hydroxyl groups excluding tert-OH is 1. The fourth-order valence-electron chi connectivity index (χ4n) is 1.70. The third-order valence-corrected chi connectivity index (χ3v) is 2.59. The van der Waals surface area contributed by atoms with Gasteiger partial charge in [-0.25, -0.2) is 4.39 Å². The zero-order valence-corrected chi connectivity index (χ0v) is 9.48. The molecule has 0 saturated heterocycles. The third-order valence-electron chi connectivity index (χ3n) is 2.59. The zero-order valence-electron chi connectivity index (χ0n) is 9.48. The summed E-state index contributed by atoms with van der Waals surface area (Å²) in [4.78, 5) is 0. The number of ether oxygens (including phenoxy) is 1. The molecule has 0 aliphatic rings. The molecule has 2 rings (SSSR count). The van der Waals surface area contributed by atoms with Crippen LogP contribution in [-0.4, -0.2) is 12.2 Å². The van der Waals surface area contributed by atoms with E-state index in [-0.39, 0.29) is 18.2 Å². The molecule has 3 heteroatoms. The van der Waals surface area contributed by atoms with Gasteiger partial charge in [-0.2, -0.15) is 0 Å². The molecule has 0 saturated carbocycles. The molecule has 0 amide bonds. The van der Waals surface area contributed by atoms with E-state index in [4.69, 9.17) is 9.84 Å². The summed E-state index contributed by atoms with van der Waals surface area (Å²) < 4.78 is 18.4. The maximum atomic E-state index is 13.5. The first-order valence-electron chi connectivity index (χ1n) is 5.28. The van der Waals surface area contributed by atoms with Gasteiger partial charge in [-0.3, -0.25) is 0 Å². The average molecular weight is 232 g/mol. The Morgan fingerprint density at radius 2 is 1.88 bits per heavy atom. The molecule has 0 unspecified atom stereocenters. The van der Waals surface area contributed by atoms with Gasteiger partial charge >= 0.3 is 0 Å². The third kappa shape index (κ3) is 2.45. The van der Waals surface area contributed by atoms with Crippen molar-refractivity contribution < 1.29 is 14.2 Å². The standard InChI is InChI=1S/C14H13FO2/c1-17-14-6-5-12(8-13(14)15)11-4-2-3-10(7-11)9-16/h2-8,16H,9H2,1H3. The molecule has 0 heterocycles. The summed E-state index contributed by atoms with van der Waals surface area (Å²) in [5.41, 5.74) is 2.44. The molecular formula is C14H13FO2. The van der Waals surface area contributed by atoms with Crippen molar-refractivity contribution in [3.05, 3.63) is 53.8 Å². The maximum Gasteiger partial charge on any atom is 0.165 e. The van der Waals surface area contributed by atoms with E-state index in [9.17, 15) is 4.39 Å². The van der Waals surface area contributed by atoms with Crippen LogP contribution in [0.15, 0.2) is 42.5 Å². The van der Waals surface area contributed by atoms with Gasteiger partial charge in [0.15, 0.2) is 11.6 Å². The van der Waals surface area contributed by atoms with Gasteiger partial charge in [-0.15, -0.1) is 0 Å². The summed E-state index contributed by atoms with van der Waals surface area (Å²) in [6.07, 6.45) is 0. The quantitative estimate of drug-likeness (QED) is 0.881. The lowest BCUT2D eigenvalue weighted by molar-refractivity contribution is 0.282. The minimum Gasteiger partial charge on any atom is -0.494 e. The Hall–Kier alpha value is -1.87. The molecule has 0 aliphatic carbocycles. The minimum atomic E-state index is -0.389. The normalized spacial score (nSPS) is 10.3. The lowest BCUT2D eigenvalue weighted by Gasteiger charge is -2.06. The lowest BCUT2D eigenvalue weighted by Crippen LogP contribution is -1.89. The van der Waals surface area contributed by atoms with Crippen LogP contribution < -0.4 is 4.74 Å². The minimum absolute atomic E-state index is 0.0214. The molecule has 0 aromatic heterocycles. The zero-order chi connectivity index (χ0) is 12.3. The number of hydrogen-bond donors (Lipinski definition) is 1. The predicted octanol–water partition coefficient (Wildman–Crippen LogP) is 2.99. The second-order valence-corrected chi connectivity index (χ2v) is 3.71. The molecule has 2 aromatic carbocycles. The van der Waals surface area contributed by atoms with E-state index in [0.717, 1.165) is 16.7 Å². The van der Waals surface area contributed by atoms with Gasteiger partial charge in [0, 0.05) is 0 Å². The van der Waals surface area contributed by atoms with Crippen molar-refractivity contribution in [3.8, 4) is 16.9 Å². The lowest BCUT2D eigenvalue weighted by atomic mass is 10.0. The summed E-state index contributed by atoms with van der Waals surface area (Å²) in [5, 5.41) is 9.05. The molecule has 0 atom stereocenters. The predicted molar refractivity (Wildman–Crippen MR) is 64.3 cm³/mol. The van der Waals surface area contributed by atoms with Gasteiger partial charge in [0.25, 0.3) is 0 Å². The van der Waals surface area contributed by atoms with Gasteiger partial charge in [0.2, 0.25) is 0 Å². The van der Waals surface area contributed by atoms with Crippen LogP contribution in [0.25, 0.3) is 11.1 Å². The topological polar surface area (TPSA) is 29.5 Å². The monoisotopic (exact) mass is 232 g/mol. The molecule has 1 N–H and O–H groups in total. The highest BCUT2D eigenvalue weighted by molar-refractivity contribution is 5.65. The second-order valence-electron chi connectivity index (χ2n) is 3.71. The van der Waals surface area contributed by atoms with E-state index in [1.807, 2.05) is 24.3 Å². The number of hydrogen-bond acceptors (Lipinski definition) is 2. The molecule has 17 heavy (non-hydrogen) atoms. The molecule has 88 valence electrons. The Labute approximate surface area is 99.3 Å². The van der Waals surface area contributed by atoms with Crippen molar-refractivity contribution in [1.82, 2.24) is 0 Å². The first-order chi connectivity index (χ1) is 8.24. The van der Waals surface area contributed by atoms with Crippen molar-refractivity contribution >= 4 is 0 Å². The summed E-state index contributed by atoms with van der Waals surface area (Å²) in [6.45, 7) is -0.0214. The van der Waals surface area contributed by atoms with E-state index < -0.39 is 0 Å². The highest BCUT2D eigenvalue weighted by atomic mass is 19.1. The molecule has 0 spiro atoms. The number of methoxy groups -OCH3 is 1. The van der Waals surface area contributed by atoms with Crippen molar-refractivity contribution in [3.63, 3.8) is 0 Å². The van der Waals surface area contributed by atoms with Crippen LogP contribution in [0.3, 0.4) is 0 Å². The Balaban J connectivity index is 2.42. The van der Waals surface area contributed by atoms with Gasteiger partial charge in [0.1, 0.15) is 0 Å². The summed E-state index contributed by atoms with van der Waals surface area (Å²) in [7, 11) is 1.43. The van der Waals surface area contributed by atoms with E-state index in [0.29, 0.717) is 0 Å². The first-order valence-corrected chi connectivity index (χ1v) is 5.28. The fourth-order valence-corrected chi connectivity index (χ4v) is 1.70. The second kappa shape index (κ2) is 4.97. The van der Waals surface area contributed by atoms with E-state index >= 15 is 0 Å². The Morgan fingerprint density at radius 3 is 2.53 bits per heavy atom. The smallest absolute Gasteiger partial charge is 0.165 e.